The van der Waals surface area contributed by atoms with Crippen LogP contribution in [0.5, 0.6) is 5.75 Å². The first-order valence-corrected chi connectivity index (χ1v) is 7.40. The largest absolute Gasteiger partial charge is 0.508 e. The van der Waals surface area contributed by atoms with Crippen molar-refractivity contribution in [3.05, 3.63) is 84.4 Å². The minimum atomic E-state index is -0.261. The molecule has 0 bridgehead atoms. The van der Waals surface area contributed by atoms with Crippen LogP contribution in [0.1, 0.15) is 15.9 Å². The maximum atomic E-state index is 12.8. The zero-order valence-electron chi connectivity index (χ0n) is 12.8. The molecule has 2 N–H and O–H groups in total. The number of hydrazine groups is 1. The summed E-state index contributed by atoms with van der Waals surface area (Å²) in [5, 5.41) is 11.1. The van der Waals surface area contributed by atoms with Crippen LogP contribution in [0.4, 0.5) is 5.69 Å². The fraction of sp³-hybridized carbons (Fsp3) is 0.0556. The first-order valence-electron chi connectivity index (χ1n) is 7.40. The fourth-order valence-electron chi connectivity index (χ4n) is 2.20. The number of phenols is 1. The minimum absolute atomic E-state index is 0.0854. The number of hydrogen-bond acceptors (Lipinski definition) is 5. The highest BCUT2D eigenvalue weighted by atomic mass is 16.3. The Bertz CT molecular complexity index is 810. The summed E-state index contributed by atoms with van der Waals surface area (Å²) in [5.74, 6) is -0.176. The van der Waals surface area contributed by atoms with Crippen LogP contribution in [0, 0.1) is 0 Å². The zero-order chi connectivity index (χ0) is 16.8. The van der Waals surface area contributed by atoms with Crippen molar-refractivity contribution in [3.63, 3.8) is 0 Å². The normalized spacial score (nSPS) is 10.3. The van der Waals surface area contributed by atoms with Gasteiger partial charge in [-0.1, -0.05) is 6.07 Å². The average Bonchev–Trinajstić information content (AvgIpc) is 2.63. The molecule has 0 fully saturated rings. The number of anilines is 1. The summed E-state index contributed by atoms with van der Waals surface area (Å²) in [7, 11) is 0. The number of aromatic nitrogens is 2. The van der Waals surface area contributed by atoms with E-state index < -0.39 is 0 Å². The van der Waals surface area contributed by atoms with Crippen molar-refractivity contribution < 1.29 is 9.90 Å². The second-order valence-corrected chi connectivity index (χ2v) is 5.09. The molecule has 3 aromatic rings. The van der Waals surface area contributed by atoms with Crippen molar-refractivity contribution in [3.8, 4) is 5.75 Å². The number of rotatable bonds is 5. The number of carbonyl (C=O) groups excluding carboxylic acids is 1. The van der Waals surface area contributed by atoms with E-state index in [1.807, 2.05) is 12.1 Å². The number of hydrogen-bond donors (Lipinski definition) is 2. The molecule has 6 nitrogen and oxygen atoms in total. The van der Waals surface area contributed by atoms with E-state index in [9.17, 15) is 9.90 Å². The van der Waals surface area contributed by atoms with Gasteiger partial charge >= 0.3 is 0 Å². The van der Waals surface area contributed by atoms with Gasteiger partial charge in [0.05, 0.1) is 11.3 Å². The second-order valence-electron chi connectivity index (χ2n) is 5.09. The summed E-state index contributed by atoms with van der Waals surface area (Å²) in [6.45, 7) is 0.435. The maximum Gasteiger partial charge on any atom is 0.274 e. The van der Waals surface area contributed by atoms with Crippen molar-refractivity contribution in [2.45, 2.75) is 6.54 Å². The van der Waals surface area contributed by atoms with Gasteiger partial charge in [0, 0.05) is 37.4 Å². The average molecular weight is 320 g/mol. The first-order chi connectivity index (χ1) is 11.7. The summed E-state index contributed by atoms with van der Waals surface area (Å²) < 4.78 is 0. The number of nitrogens with zero attached hydrogens (tertiary/aromatic N) is 3. The van der Waals surface area contributed by atoms with E-state index in [0.29, 0.717) is 17.8 Å². The highest BCUT2D eigenvalue weighted by Gasteiger charge is 2.18. The van der Waals surface area contributed by atoms with Gasteiger partial charge < -0.3 is 5.11 Å². The van der Waals surface area contributed by atoms with Crippen LogP contribution >= 0.6 is 0 Å². The molecule has 0 atom stereocenters. The Morgan fingerprint density at radius 3 is 2.58 bits per heavy atom. The van der Waals surface area contributed by atoms with Gasteiger partial charge in [-0.15, -0.1) is 0 Å². The molecule has 3 rings (SSSR count). The molecule has 120 valence electrons. The van der Waals surface area contributed by atoms with Gasteiger partial charge in [0.25, 0.3) is 5.91 Å². The molecule has 1 aromatic carbocycles. The number of benzene rings is 1. The molecular weight excluding hydrogens is 304 g/mol. The summed E-state index contributed by atoms with van der Waals surface area (Å²) in [6, 6.07) is 13.6. The lowest BCUT2D eigenvalue weighted by atomic mass is 10.2. The molecule has 1 amide bonds. The fourth-order valence-corrected chi connectivity index (χ4v) is 2.20. The van der Waals surface area contributed by atoms with E-state index in [4.69, 9.17) is 0 Å². The van der Waals surface area contributed by atoms with Crippen LogP contribution in [0.15, 0.2) is 73.3 Å². The van der Waals surface area contributed by atoms with Crippen molar-refractivity contribution >= 4 is 11.6 Å². The standard InChI is InChI=1S/C18H16N4O2/c23-17-5-1-4-16(11-17)22(18(24)15-3-2-8-20-13-15)21-12-14-6-9-19-10-7-14/h1-11,13,21,23H,12H2. The monoisotopic (exact) mass is 320 g/mol. The number of amides is 1. The lowest BCUT2D eigenvalue weighted by Crippen LogP contribution is -2.42. The lowest BCUT2D eigenvalue weighted by molar-refractivity contribution is 0.0973. The van der Waals surface area contributed by atoms with E-state index in [0.717, 1.165) is 5.56 Å². The molecule has 0 aliphatic rings. The molecule has 2 heterocycles. The van der Waals surface area contributed by atoms with Gasteiger partial charge in [0.2, 0.25) is 0 Å². The van der Waals surface area contributed by atoms with Gasteiger partial charge in [-0.3, -0.25) is 14.8 Å². The van der Waals surface area contributed by atoms with Crippen LogP contribution in [0.3, 0.4) is 0 Å². The Morgan fingerprint density at radius 1 is 1.04 bits per heavy atom. The van der Waals surface area contributed by atoms with Crippen LogP contribution in [0.2, 0.25) is 0 Å². The molecule has 0 radical (unpaired) electrons. The third-order valence-electron chi connectivity index (χ3n) is 3.39. The Hall–Kier alpha value is -3.25. The summed E-state index contributed by atoms with van der Waals surface area (Å²) in [6.07, 6.45) is 6.50. The molecule has 0 aliphatic carbocycles. The number of aromatic hydroxyl groups is 1. The number of pyridine rings is 2. The van der Waals surface area contributed by atoms with Gasteiger partial charge in [-0.25, -0.2) is 10.4 Å². The number of nitrogens with one attached hydrogen (secondary N) is 1. The van der Waals surface area contributed by atoms with E-state index in [1.54, 1.807) is 48.9 Å². The second kappa shape index (κ2) is 7.34. The lowest BCUT2D eigenvalue weighted by Gasteiger charge is -2.24. The molecule has 2 aromatic heterocycles. The Balaban J connectivity index is 1.87. The molecule has 0 saturated carbocycles. The highest BCUT2D eigenvalue weighted by molar-refractivity contribution is 6.05. The number of phenolic OH excluding ortho intramolecular Hbond substituents is 1. The van der Waals surface area contributed by atoms with Gasteiger partial charge in [-0.2, -0.15) is 0 Å². The zero-order valence-corrected chi connectivity index (χ0v) is 12.8. The van der Waals surface area contributed by atoms with Crippen LogP contribution in [-0.2, 0) is 6.54 Å². The van der Waals surface area contributed by atoms with Gasteiger partial charge in [-0.05, 0) is 42.0 Å². The smallest absolute Gasteiger partial charge is 0.274 e. The summed E-state index contributed by atoms with van der Waals surface area (Å²) in [5.41, 5.74) is 5.06. The highest BCUT2D eigenvalue weighted by Crippen LogP contribution is 2.20. The van der Waals surface area contributed by atoms with Gasteiger partial charge in [0.15, 0.2) is 0 Å². The van der Waals surface area contributed by atoms with Crippen LogP contribution in [-0.4, -0.2) is 21.0 Å². The first kappa shape index (κ1) is 15.6. The van der Waals surface area contributed by atoms with Crippen molar-refractivity contribution in [2.75, 3.05) is 5.01 Å². The van der Waals surface area contributed by atoms with E-state index in [-0.39, 0.29) is 11.7 Å². The minimum Gasteiger partial charge on any atom is -0.508 e. The van der Waals surface area contributed by atoms with Crippen molar-refractivity contribution in [1.29, 1.82) is 0 Å². The molecule has 0 saturated heterocycles. The third-order valence-corrected chi connectivity index (χ3v) is 3.39. The third kappa shape index (κ3) is 3.74. The van der Waals surface area contributed by atoms with Crippen LogP contribution < -0.4 is 10.4 Å². The Kier molecular flexibility index (Phi) is 4.78. The molecule has 0 unspecified atom stereocenters. The summed E-state index contributed by atoms with van der Waals surface area (Å²) >= 11 is 0. The van der Waals surface area contributed by atoms with Crippen molar-refractivity contribution in [2.24, 2.45) is 0 Å². The topological polar surface area (TPSA) is 78.4 Å². The van der Waals surface area contributed by atoms with E-state index in [1.165, 1.54) is 17.3 Å². The van der Waals surface area contributed by atoms with Crippen molar-refractivity contribution in [1.82, 2.24) is 15.4 Å². The number of carbonyl (C=O) groups is 1. The summed E-state index contributed by atoms with van der Waals surface area (Å²) in [4.78, 5) is 20.8. The quantitative estimate of drug-likeness (QED) is 0.706. The molecule has 0 aliphatic heterocycles. The Morgan fingerprint density at radius 2 is 1.88 bits per heavy atom. The predicted octanol–water partition coefficient (Wildman–Crippen LogP) is 2.53. The molecule has 24 heavy (non-hydrogen) atoms. The SMILES string of the molecule is O=C(c1cccnc1)N(NCc1ccncc1)c1cccc(O)c1. The maximum absolute atomic E-state index is 12.8. The molecule has 0 spiro atoms. The van der Waals surface area contributed by atoms with Crippen LogP contribution in [0.25, 0.3) is 0 Å². The molecular formula is C18H16N4O2. The predicted molar refractivity (Wildman–Crippen MR) is 90.2 cm³/mol. The van der Waals surface area contributed by atoms with Gasteiger partial charge in [0.1, 0.15) is 5.75 Å². The Labute approximate surface area is 139 Å². The molecule has 6 heteroatoms. The van der Waals surface area contributed by atoms with E-state index >= 15 is 0 Å². The van der Waals surface area contributed by atoms with E-state index in [2.05, 4.69) is 15.4 Å².